The van der Waals surface area contributed by atoms with Gasteiger partial charge in [-0.2, -0.15) is 5.26 Å². The van der Waals surface area contributed by atoms with E-state index in [0.29, 0.717) is 18.4 Å². The smallest absolute Gasteiger partial charge is 0.195 e. The summed E-state index contributed by atoms with van der Waals surface area (Å²) in [5, 5.41) is 8.91. The zero-order valence-corrected chi connectivity index (χ0v) is 14.3. The van der Waals surface area contributed by atoms with Gasteiger partial charge in [-0.05, 0) is 55.7 Å². The fourth-order valence-corrected chi connectivity index (χ4v) is 3.20. The van der Waals surface area contributed by atoms with Crippen molar-refractivity contribution in [2.24, 2.45) is 0 Å². The number of aryl methyl sites for hydroxylation is 3. The second kappa shape index (κ2) is 6.33. The second-order valence-electron chi connectivity index (χ2n) is 6.19. The molecule has 2 aromatic heterocycles. The lowest BCUT2D eigenvalue weighted by molar-refractivity contribution is 0.103. The number of hydrogen-bond acceptors (Lipinski definition) is 2. The first kappa shape index (κ1) is 16.0. The topological polar surface area (TPSA) is 45.3 Å². The molecular weight excluding hydrogens is 296 g/mol. The molecule has 3 heteroatoms. The predicted molar refractivity (Wildman–Crippen MR) is 95.4 cm³/mol. The highest BCUT2D eigenvalue weighted by atomic mass is 16.1. The van der Waals surface area contributed by atoms with Crippen molar-refractivity contribution < 1.29 is 4.79 Å². The molecule has 3 aromatic rings. The van der Waals surface area contributed by atoms with E-state index in [1.165, 1.54) is 5.56 Å². The number of hydrogen-bond donors (Lipinski definition) is 0. The summed E-state index contributed by atoms with van der Waals surface area (Å²) >= 11 is 0. The van der Waals surface area contributed by atoms with Gasteiger partial charge < -0.3 is 4.40 Å². The largest absolute Gasteiger partial charge is 0.320 e. The number of aromatic nitrogens is 1. The van der Waals surface area contributed by atoms with Gasteiger partial charge in [-0.1, -0.05) is 18.2 Å². The summed E-state index contributed by atoms with van der Waals surface area (Å²) < 4.78 is 2.04. The number of rotatable bonds is 4. The number of ketones is 1. The molecule has 0 aliphatic rings. The first-order valence-corrected chi connectivity index (χ1v) is 8.12. The monoisotopic (exact) mass is 316 g/mol. The molecule has 0 spiro atoms. The van der Waals surface area contributed by atoms with Crippen LogP contribution in [0.15, 0.2) is 42.6 Å². The third kappa shape index (κ3) is 2.61. The van der Waals surface area contributed by atoms with E-state index in [1.54, 1.807) is 0 Å². The molecule has 0 fully saturated rings. The molecule has 2 heterocycles. The molecule has 24 heavy (non-hydrogen) atoms. The minimum absolute atomic E-state index is 0.0440. The van der Waals surface area contributed by atoms with Gasteiger partial charge in [-0.3, -0.25) is 4.79 Å². The van der Waals surface area contributed by atoms with Gasteiger partial charge in [0.05, 0.1) is 17.1 Å². The second-order valence-corrected chi connectivity index (χ2v) is 6.19. The molecule has 0 bridgehead atoms. The molecule has 0 amide bonds. The van der Waals surface area contributed by atoms with Gasteiger partial charge in [-0.25, -0.2) is 0 Å². The molecule has 0 aliphatic heterocycles. The molecule has 0 unspecified atom stereocenters. The Hall–Kier alpha value is -2.86. The van der Waals surface area contributed by atoms with Gasteiger partial charge >= 0.3 is 0 Å². The van der Waals surface area contributed by atoms with Crippen molar-refractivity contribution in [2.75, 3.05) is 0 Å². The van der Waals surface area contributed by atoms with Gasteiger partial charge in [0.1, 0.15) is 0 Å². The number of benzene rings is 1. The van der Waals surface area contributed by atoms with E-state index >= 15 is 0 Å². The maximum absolute atomic E-state index is 13.2. The minimum Gasteiger partial charge on any atom is -0.320 e. The number of nitrogens with zero attached hydrogens (tertiary/aromatic N) is 2. The predicted octanol–water partition coefficient (Wildman–Crippen LogP) is 4.55. The molecular formula is C21H20N2O. The summed E-state index contributed by atoms with van der Waals surface area (Å²) in [5.41, 5.74) is 6.67. The Labute approximate surface area is 142 Å². The number of carbonyl (C=O) groups is 1. The number of nitriles is 1. The Bertz CT molecular complexity index is 973. The first-order valence-electron chi connectivity index (χ1n) is 8.12. The van der Waals surface area contributed by atoms with Crippen LogP contribution in [-0.4, -0.2) is 10.2 Å². The lowest BCUT2D eigenvalue weighted by Gasteiger charge is -2.05. The molecule has 3 nitrogen and oxygen atoms in total. The van der Waals surface area contributed by atoms with Crippen LogP contribution in [0.3, 0.4) is 0 Å². The van der Waals surface area contributed by atoms with E-state index in [4.69, 9.17) is 5.26 Å². The third-order valence-corrected chi connectivity index (χ3v) is 4.68. The van der Waals surface area contributed by atoms with Crippen LogP contribution in [0.4, 0.5) is 0 Å². The summed E-state index contributed by atoms with van der Waals surface area (Å²) in [5.74, 6) is 0.0440. The summed E-state index contributed by atoms with van der Waals surface area (Å²) in [4.78, 5) is 13.2. The zero-order chi connectivity index (χ0) is 17.3. The van der Waals surface area contributed by atoms with Crippen molar-refractivity contribution in [1.29, 1.82) is 5.26 Å². The Kier molecular flexibility index (Phi) is 4.22. The molecule has 0 N–H and O–H groups in total. The quantitative estimate of drug-likeness (QED) is 0.663. The van der Waals surface area contributed by atoms with Gasteiger partial charge in [0.2, 0.25) is 0 Å². The Balaban J connectivity index is 2.18. The minimum atomic E-state index is 0.0440. The van der Waals surface area contributed by atoms with Crippen molar-refractivity contribution in [3.8, 4) is 6.07 Å². The van der Waals surface area contributed by atoms with Crippen LogP contribution in [0.2, 0.25) is 0 Å². The molecule has 120 valence electrons. The van der Waals surface area contributed by atoms with Crippen molar-refractivity contribution in [1.82, 2.24) is 4.40 Å². The van der Waals surface area contributed by atoms with Crippen LogP contribution in [0.25, 0.3) is 5.52 Å². The average Bonchev–Trinajstić information content (AvgIpc) is 2.86. The maximum atomic E-state index is 13.2. The van der Waals surface area contributed by atoms with Gasteiger partial charge in [0.25, 0.3) is 0 Å². The van der Waals surface area contributed by atoms with Gasteiger partial charge in [-0.15, -0.1) is 0 Å². The summed E-state index contributed by atoms with van der Waals surface area (Å²) in [6.07, 6.45) is 3.05. The third-order valence-electron chi connectivity index (χ3n) is 4.68. The zero-order valence-electron chi connectivity index (χ0n) is 14.3. The average molecular weight is 316 g/mol. The fraction of sp³-hybridized carbons (Fsp3) is 0.238. The van der Waals surface area contributed by atoms with Crippen LogP contribution >= 0.6 is 0 Å². The lowest BCUT2D eigenvalue weighted by atomic mass is 9.97. The van der Waals surface area contributed by atoms with E-state index < -0.39 is 0 Å². The van der Waals surface area contributed by atoms with Crippen LogP contribution < -0.4 is 0 Å². The molecule has 0 aliphatic carbocycles. The van der Waals surface area contributed by atoms with Crippen molar-refractivity contribution in [3.05, 3.63) is 76.1 Å². The highest BCUT2D eigenvalue weighted by Gasteiger charge is 2.21. The Morgan fingerprint density at radius 2 is 1.92 bits per heavy atom. The van der Waals surface area contributed by atoms with Crippen molar-refractivity contribution >= 4 is 11.3 Å². The van der Waals surface area contributed by atoms with Gasteiger partial charge in [0.15, 0.2) is 5.78 Å². The van der Waals surface area contributed by atoms with Crippen LogP contribution in [0.5, 0.6) is 0 Å². The lowest BCUT2D eigenvalue weighted by Crippen LogP contribution is -2.03. The molecule has 0 atom stereocenters. The van der Waals surface area contributed by atoms with Crippen molar-refractivity contribution in [2.45, 2.75) is 33.6 Å². The summed E-state index contributed by atoms with van der Waals surface area (Å²) in [7, 11) is 0. The first-order chi connectivity index (χ1) is 11.5. The number of pyridine rings is 1. The Morgan fingerprint density at radius 3 is 2.62 bits per heavy atom. The Morgan fingerprint density at radius 1 is 1.12 bits per heavy atom. The van der Waals surface area contributed by atoms with Gasteiger partial charge in [0, 0.05) is 30.3 Å². The standard InChI is InChI=1S/C21H20N2O/c1-14-9-10-17(13-15(14)2)21(24)20-16(3)18(8-6-11-22)23-12-5-4-7-19(20)23/h4-5,7,9-10,12-13H,6,8H2,1-3H3. The van der Waals surface area contributed by atoms with E-state index in [-0.39, 0.29) is 5.78 Å². The van der Waals surface area contributed by atoms with E-state index in [9.17, 15) is 4.79 Å². The highest BCUT2D eigenvalue weighted by molar-refractivity contribution is 6.14. The molecule has 0 radical (unpaired) electrons. The van der Waals surface area contributed by atoms with Crippen LogP contribution in [0, 0.1) is 32.1 Å². The fourth-order valence-electron chi connectivity index (χ4n) is 3.20. The van der Waals surface area contributed by atoms with E-state index in [0.717, 1.165) is 27.9 Å². The van der Waals surface area contributed by atoms with Crippen LogP contribution in [0.1, 0.15) is 44.7 Å². The van der Waals surface area contributed by atoms with Crippen LogP contribution in [-0.2, 0) is 6.42 Å². The van der Waals surface area contributed by atoms with E-state index in [2.05, 4.69) is 6.07 Å². The maximum Gasteiger partial charge on any atom is 0.195 e. The van der Waals surface area contributed by atoms with Crippen molar-refractivity contribution in [3.63, 3.8) is 0 Å². The number of fused-ring (bicyclic) bond motifs is 1. The summed E-state index contributed by atoms with van der Waals surface area (Å²) in [6.45, 7) is 6.05. The summed E-state index contributed by atoms with van der Waals surface area (Å²) in [6, 6.07) is 13.9. The number of carbonyl (C=O) groups excluding carboxylic acids is 1. The molecule has 3 rings (SSSR count). The normalized spacial score (nSPS) is 10.8. The molecule has 0 saturated heterocycles. The molecule has 0 saturated carbocycles. The highest BCUT2D eigenvalue weighted by Crippen LogP contribution is 2.27. The van der Waals surface area contributed by atoms with E-state index in [1.807, 2.05) is 67.8 Å². The SMILES string of the molecule is Cc1ccc(C(=O)c2c(C)c(CCC#N)n3ccccc23)cc1C. The molecule has 1 aromatic carbocycles.